The summed E-state index contributed by atoms with van der Waals surface area (Å²) in [7, 11) is 0. The molecule has 0 atom stereocenters. The lowest BCUT2D eigenvalue weighted by Gasteiger charge is -2.11. The minimum Gasteiger partial charge on any atom is -0.448 e. The van der Waals surface area contributed by atoms with Gasteiger partial charge in [0.1, 0.15) is 6.61 Å². The number of carbonyl (C=O) groups excluding carboxylic acids is 1. The predicted molar refractivity (Wildman–Crippen MR) is 41.5 cm³/mol. The summed E-state index contributed by atoms with van der Waals surface area (Å²) >= 11 is 0. The van der Waals surface area contributed by atoms with Crippen molar-refractivity contribution in [2.45, 2.75) is 6.92 Å². The fraction of sp³-hybridized carbons (Fsp3) is 0.857. The molecule has 0 aromatic rings. The number of likely N-dealkylation sites (N-methyl/N-ethyl adjacent to an activating group) is 1. The van der Waals surface area contributed by atoms with Gasteiger partial charge in [-0.1, -0.05) is 6.92 Å². The van der Waals surface area contributed by atoms with Gasteiger partial charge in [0.25, 0.3) is 0 Å². The zero-order valence-corrected chi connectivity index (χ0v) is 6.80. The van der Waals surface area contributed by atoms with Crippen LogP contribution in [-0.4, -0.2) is 43.8 Å². The quantitative estimate of drug-likeness (QED) is 0.588. The molecule has 0 aromatic heterocycles. The van der Waals surface area contributed by atoms with Gasteiger partial charge in [0.15, 0.2) is 0 Å². The molecule has 0 saturated carbocycles. The van der Waals surface area contributed by atoms with E-state index in [1.165, 1.54) is 0 Å². The molecule has 0 bridgehead atoms. The smallest absolute Gasteiger partial charge is 0.409 e. The molecular formula is C7H14N2O2. The van der Waals surface area contributed by atoms with E-state index in [-0.39, 0.29) is 6.09 Å². The van der Waals surface area contributed by atoms with Crippen LogP contribution in [0, 0.1) is 0 Å². The van der Waals surface area contributed by atoms with Crippen LogP contribution in [0.5, 0.6) is 0 Å². The summed E-state index contributed by atoms with van der Waals surface area (Å²) in [6, 6.07) is 0. The molecule has 1 heterocycles. The molecule has 0 aliphatic carbocycles. The minimum atomic E-state index is -0.178. The third kappa shape index (κ3) is 2.38. The van der Waals surface area contributed by atoms with Crippen molar-refractivity contribution in [3.63, 3.8) is 0 Å². The topological polar surface area (TPSA) is 41.6 Å². The van der Waals surface area contributed by atoms with E-state index in [9.17, 15) is 4.79 Å². The van der Waals surface area contributed by atoms with Crippen LogP contribution in [0.25, 0.3) is 0 Å². The molecule has 1 aliphatic rings. The Morgan fingerprint density at radius 3 is 3.09 bits per heavy atom. The molecule has 1 aliphatic heterocycles. The van der Waals surface area contributed by atoms with E-state index in [1.54, 1.807) is 4.90 Å². The predicted octanol–water partition coefficient (Wildman–Crippen LogP) is 0.0481. The molecule has 1 fully saturated rings. The van der Waals surface area contributed by atoms with Crippen LogP contribution < -0.4 is 5.32 Å². The van der Waals surface area contributed by atoms with Gasteiger partial charge in [0.2, 0.25) is 0 Å². The van der Waals surface area contributed by atoms with Gasteiger partial charge in [-0.25, -0.2) is 4.79 Å². The van der Waals surface area contributed by atoms with Crippen LogP contribution in [0.1, 0.15) is 6.92 Å². The molecule has 11 heavy (non-hydrogen) atoms. The van der Waals surface area contributed by atoms with Crippen LogP contribution in [0.15, 0.2) is 0 Å². The number of amides is 1. The molecule has 1 rings (SSSR count). The van der Waals surface area contributed by atoms with Crippen molar-refractivity contribution in [2.24, 2.45) is 0 Å². The summed E-state index contributed by atoms with van der Waals surface area (Å²) in [5.74, 6) is 0. The number of rotatable bonds is 4. The zero-order valence-electron chi connectivity index (χ0n) is 6.80. The fourth-order valence-electron chi connectivity index (χ4n) is 1.02. The lowest BCUT2D eigenvalue weighted by atomic mass is 10.5. The van der Waals surface area contributed by atoms with Gasteiger partial charge < -0.3 is 15.0 Å². The number of hydrogen-bond donors (Lipinski definition) is 1. The first kappa shape index (κ1) is 8.33. The molecule has 1 saturated heterocycles. The lowest BCUT2D eigenvalue weighted by molar-refractivity contribution is 0.158. The molecule has 1 amide bonds. The van der Waals surface area contributed by atoms with E-state index in [0.29, 0.717) is 6.61 Å². The molecule has 64 valence electrons. The highest BCUT2D eigenvalue weighted by Crippen LogP contribution is 2.00. The third-order valence-electron chi connectivity index (χ3n) is 1.65. The molecule has 0 unspecified atom stereocenters. The van der Waals surface area contributed by atoms with Crippen LogP contribution in [0.2, 0.25) is 0 Å². The number of carbonyl (C=O) groups is 1. The van der Waals surface area contributed by atoms with Crippen molar-refractivity contribution in [2.75, 3.05) is 32.8 Å². The second-order valence-electron chi connectivity index (χ2n) is 2.45. The highest BCUT2D eigenvalue weighted by molar-refractivity contribution is 5.69. The highest BCUT2D eigenvalue weighted by atomic mass is 16.6. The molecular weight excluding hydrogens is 144 g/mol. The summed E-state index contributed by atoms with van der Waals surface area (Å²) in [5, 5.41) is 3.15. The van der Waals surface area contributed by atoms with Crippen molar-refractivity contribution < 1.29 is 9.53 Å². The van der Waals surface area contributed by atoms with E-state index >= 15 is 0 Å². The van der Waals surface area contributed by atoms with E-state index in [4.69, 9.17) is 4.74 Å². The summed E-state index contributed by atoms with van der Waals surface area (Å²) in [6.45, 7) is 5.89. The number of hydrogen-bond acceptors (Lipinski definition) is 3. The third-order valence-corrected chi connectivity index (χ3v) is 1.65. The molecule has 0 aromatic carbocycles. The Hall–Kier alpha value is -0.770. The summed E-state index contributed by atoms with van der Waals surface area (Å²) in [4.78, 5) is 12.6. The van der Waals surface area contributed by atoms with Crippen LogP contribution >= 0.6 is 0 Å². The summed E-state index contributed by atoms with van der Waals surface area (Å²) in [6.07, 6.45) is -0.178. The van der Waals surface area contributed by atoms with E-state index in [2.05, 4.69) is 5.32 Å². The fourth-order valence-corrected chi connectivity index (χ4v) is 1.02. The van der Waals surface area contributed by atoms with Crippen LogP contribution in [0.3, 0.4) is 0 Å². The lowest BCUT2D eigenvalue weighted by Crippen LogP contribution is -2.32. The Morgan fingerprint density at radius 2 is 2.55 bits per heavy atom. The second kappa shape index (κ2) is 4.18. The van der Waals surface area contributed by atoms with Gasteiger partial charge in [-0.2, -0.15) is 0 Å². The number of cyclic esters (lactones) is 1. The monoisotopic (exact) mass is 158 g/mol. The number of ether oxygens (including phenoxy) is 1. The Kier molecular flexibility index (Phi) is 3.16. The first-order valence-electron chi connectivity index (χ1n) is 3.97. The first-order valence-corrected chi connectivity index (χ1v) is 3.97. The van der Waals surface area contributed by atoms with Gasteiger partial charge in [-0.3, -0.25) is 0 Å². The molecule has 0 radical (unpaired) electrons. The average Bonchev–Trinajstić information content (AvgIpc) is 2.37. The summed E-state index contributed by atoms with van der Waals surface area (Å²) in [5.41, 5.74) is 0. The van der Waals surface area contributed by atoms with Gasteiger partial charge in [0, 0.05) is 13.1 Å². The molecule has 1 N–H and O–H groups in total. The Labute approximate surface area is 66.5 Å². The number of nitrogens with zero attached hydrogens (tertiary/aromatic N) is 1. The Morgan fingerprint density at radius 1 is 1.73 bits per heavy atom. The van der Waals surface area contributed by atoms with Crippen molar-refractivity contribution in [3.05, 3.63) is 0 Å². The van der Waals surface area contributed by atoms with Crippen molar-refractivity contribution in [1.82, 2.24) is 10.2 Å². The minimum absolute atomic E-state index is 0.178. The van der Waals surface area contributed by atoms with Crippen LogP contribution in [-0.2, 0) is 4.74 Å². The molecule has 0 spiro atoms. The van der Waals surface area contributed by atoms with Crippen LogP contribution in [0.4, 0.5) is 4.79 Å². The van der Waals surface area contributed by atoms with Crippen molar-refractivity contribution in [3.8, 4) is 0 Å². The first-order chi connectivity index (χ1) is 5.34. The maximum atomic E-state index is 10.8. The van der Waals surface area contributed by atoms with E-state index in [1.807, 2.05) is 6.92 Å². The van der Waals surface area contributed by atoms with E-state index in [0.717, 1.165) is 26.2 Å². The maximum absolute atomic E-state index is 10.8. The Bertz CT molecular complexity index is 138. The summed E-state index contributed by atoms with van der Waals surface area (Å²) < 4.78 is 4.76. The Balaban J connectivity index is 2.10. The van der Waals surface area contributed by atoms with Crippen molar-refractivity contribution in [1.29, 1.82) is 0 Å². The maximum Gasteiger partial charge on any atom is 0.409 e. The van der Waals surface area contributed by atoms with Gasteiger partial charge in [0.05, 0.1) is 6.54 Å². The SMILES string of the molecule is CCNCCN1CCOC1=O. The van der Waals surface area contributed by atoms with Gasteiger partial charge in [-0.15, -0.1) is 0 Å². The average molecular weight is 158 g/mol. The van der Waals surface area contributed by atoms with Crippen molar-refractivity contribution >= 4 is 6.09 Å². The van der Waals surface area contributed by atoms with Gasteiger partial charge in [-0.05, 0) is 6.54 Å². The molecule has 4 nitrogen and oxygen atoms in total. The number of nitrogens with one attached hydrogen (secondary N) is 1. The standard InChI is InChI=1S/C7H14N2O2/c1-2-8-3-4-9-5-6-11-7(9)10/h8H,2-6H2,1H3. The molecule has 4 heteroatoms. The normalized spacial score (nSPS) is 17.2. The van der Waals surface area contributed by atoms with E-state index < -0.39 is 0 Å². The van der Waals surface area contributed by atoms with Gasteiger partial charge >= 0.3 is 6.09 Å². The highest BCUT2D eigenvalue weighted by Gasteiger charge is 2.20. The zero-order chi connectivity index (χ0) is 8.10. The second-order valence-corrected chi connectivity index (χ2v) is 2.45. The largest absolute Gasteiger partial charge is 0.448 e.